The largest absolute Gasteiger partial charge is 0.481 e. The highest BCUT2D eigenvalue weighted by Crippen LogP contribution is 2.25. The molecule has 0 radical (unpaired) electrons. The second-order valence-corrected chi connectivity index (χ2v) is 5.46. The van der Waals surface area contributed by atoms with Gasteiger partial charge in [0, 0.05) is 0 Å². The van der Waals surface area contributed by atoms with Crippen molar-refractivity contribution in [2.75, 3.05) is 6.61 Å². The molecule has 0 bridgehead atoms. The zero-order valence-corrected chi connectivity index (χ0v) is 12.2. The number of carbonyl (C=O) groups is 1. The minimum Gasteiger partial charge on any atom is -0.481 e. The van der Waals surface area contributed by atoms with Gasteiger partial charge in [0.15, 0.2) is 5.79 Å². The molecule has 1 aliphatic rings. The molecule has 0 aromatic heterocycles. The van der Waals surface area contributed by atoms with Crippen molar-refractivity contribution < 1.29 is 24.2 Å². The lowest BCUT2D eigenvalue weighted by Gasteiger charge is -2.23. The molecule has 1 aromatic carbocycles. The maximum Gasteiger partial charge on any atom is 0.305 e. The first-order valence-corrected chi connectivity index (χ1v) is 6.91. The Balaban J connectivity index is 1.86. The molecule has 21 heavy (non-hydrogen) atoms. The Morgan fingerprint density at radius 1 is 1.48 bits per heavy atom. The summed E-state index contributed by atoms with van der Waals surface area (Å²) in [4.78, 5) is 16.4. The first-order chi connectivity index (χ1) is 9.96. The summed E-state index contributed by atoms with van der Waals surface area (Å²) in [6.07, 6.45) is -0.453. The van der Waals surface area contributed by atoms with Crippen LogP contribution in [0.25, 0.3) is 0 Å². The Bertz CT molecular complexity index is 462. The Labute approximate surface area is 124 Å². The van der Waals surface area contributed by atoms with E-state index in [1.807, 2.05) is 30.3 Å². The number of rotatable bonds is 7. The fourth-order valence-electron chi connectivity index (χ4n) is 2.16. The monoisotopic (exact) mass is 295 g/mol. The second kappa shape index (κ2) is 7.00. The van der Waals surface area contributed by atoms with E-state index in [-0.39, 0.29) is 12.5 Å². The molecule has 1 aromatic rings. The fourth-order valence-corrected chi connectivity index (χ4v) is 2.16. The molecule has 6 heteroatoms. The fraction of sp³-hybridized carbons (Fsp3) is 0.533. The topological polar surface area (TPSA) is 77.0 Å². The number of ether oxygens (including phenoxy) is 2. The highest BCUT2D eigenvalue weighted by Gasteiger charge is 2.38. The van der Waals surface area contributed by atoms with Gasteiger partial charge in [0.1, 0.15) is 6.10 Å². The first-order valence-electron chi connectivity index (χ1n) is 6.91. The molecule has 116 valence electrons. The van der Waals surface area contributed by atoms with Crippen molar-refractivity contribution in [1.82, 2.24) is 5.48 Å². The van der Waals surface area contributed by atoms with Gasteiger partial charge in [0.25, 0.3) is 0 Å². The Morgan fingerprint density at radius 2 is 2.19 bits per heavy atom. The van der Waals surface area contributed by atoms with Crippen LogP contribution in [-0.2, 0) is 25.7 Å². The number of nitrogens with one attached hydrogen (secondary N) is 1. The molecule has 1 heterocycles. The number of carboxylic acid groups (broad SMARTS) is 1. The average molecular weight is 295 g/mol. The van der Waals surface area contributed by atoms with Gasteiger partial charge in [-0.2, -0.15) is 5.48 Å². The molecule has 6 nitrogen and oxygen atoms in total. The van der Waals surface area contributed by atoms with Crippen LogP contribution in [0.5, 0.6) is 0 Å². The summed E-state index contributed by atoms with van der Waals surface area (Å²) in [5, 5.41) is 9.00. The summed E-state index contributed by atoms with van der Waals surface area (Å²) in [5.41, 5.74) is 3.80. The van der Waals surface area contributed by atoms with Crippen LogP contribution < -0.4 is 5.48 Å². The maximum atomic E-state index is 11.0. The highest BCUT2D eigenvalue weighted by atomic mass is 16.7. The smallest absolute Gasteiger partial charge is 0.305 e. The third-order valence-corrected chi connectivity index (χ3v) is 3.19. The molecule has 2 N–H and O–H groups in total. The Hall–Kier alpha value is -1.47. The maximum absolute atomic E-state index is 11.0. The van der Waals surface area contributed by atoms with Gasteiger partial charge < -0.3 is 14.6 Å². The van der Waals surface area contributed by atoms with Crippen LogP contribution in [0.4, 0.5) is 0 Å². The van der Waals surface area contributed by atoms with Crippen LogP contribution in [0, 0.1) is 0 Å². The van der Waals surface area contributed by atoms with E-state index in [9.17, 15) is 4.79 Å². The van der Waals surface area contributed by atoms with Crippen LogP contribution in [0.1, 0.15) is 25.8 Å². The molecule has 0 unspecified atom stereocenters. The highest BCUT2D eigenvalue weighted by molar-refractivity contribution is 5.67. The Morgan fingerprint density at radius 3 is 2.76 bits per heavy atom. The summed E-state index contributed by atoms with van der Waals surface area (Å²) in [6, 6.07) is 9.18. The summed E-state index contributed by atoms with van der Waals surface area (Å²) in [5.74, 6) is -1.60. The van der Waals surface area contributed by atoms with Crippen molar-refractivity contribution in [3.8, 4) is 0 Å². The zero-order valence-electron chi connectivity index (χ0n) is 12.2. The number of carboxylic acids is 1. The van der Waals surface area contributed by atoms with Gasteiger partial charge in [-0.05, 0) is 19.4 Å². The minimum absolute atomic E-state index is 0.0983. The molecular weight excluding hydrogens is 274 g/mol. The lowest BCUT2D eigenvalue weighted by Crippen LogP contribution is -2.43. The second-order valence-electron chi connectivity index (χ2n) is 5.46. The molecule has 0 aliphatic carbocycles. The van der Waals surface area contributed by atoms with Crippen molar-refractivity contribution in [3.05, 3.63) is 35.9 Å². The van der Waals surface area contributed by atoms with Crippen molar-refractivity contribution in [2.24, 2.45) is 0 Å². The van der Waals surface area contributed by atoms with Crippen molar-refractivity contribution in [1.29, 1.82) is 0 Å². The lowest BCUT2D eigenvalue weighted by molar-refractivity contribution is -0.154. The van der Waals surface area contributed by atoms with Gasteiger partial charge in [-0.25, -0.2) is 0 Å². The number of aliphatic carboxylic acids is 1. The summed E-state index contributed by atoms with van der Waals surface area (Å²) in [6.45, 7) is 4.30. The van der Waals surface area contributed by atoms with E-state index in [2.05, 4.69) is 5.48 Å². The van der Waals surface area contributed by atoms with E-state index >= 15 is 0 Å². The van der Waals surface area contributed by atoms with E-state index in [0.717, 1.165) is 5.56 Å². The molecule has 2 rings (SSSR count). The van der Waals surface area contributed by atoms with Gasteiger partial charge in [-0.1, -0.05) is 30.3 Å². The number of benzene rings is 1. The first kappa shape index (κ1) is 15.9. The lowest BCUT2D eigenvalue weighted by atomic mass is 10.1. The molecule has 2 atom stereocenters. The number of hydroxylamine groups is 1. The number of hydrogen-bond acceptors (Lipinski definition) is 5. The number of hydrogen-bond donors (Lipinski definition) is 2. The van der Waals surface area contributed by atoms with Gasteiger partial charge in [-0.3, -0.25) is 9.63 Å². The quantitative estimate of drug-likeness (QED) is 0.746. The van der Waals surface area contributed by atoms with Gasteiger partial charge in [-0.15, -0.1) is 0 Å². The SMILES string of the molecule is CC1(C)OC[C@H]([C@@H](CC(=O)O)NOCc2ccccc2)O1. The van der Waals surface area contributed by atoms with Crippen LogP contribution in [0.15, 0.2) is 30.3 Å². The molecule has 1 aliphatic heterocycles. The summed E-state index contributed by atoms with van der Waals surface area (Å²) >= 11 is 0. The van der Waals surface area contributed by atoms with Crippen LogP contribution in [0.2, 0.25) is 0 Å². The predicted molar refractivity (Wildman–Crippen MR) is 75.3 cm³/mol. The molecule has 1 saturated heterocycles. The standard InChI is InChI=1S/C15H21NO5/c1-15(2)19-10-13(21-15)12(8-14(17)18)16-20-9-11-6-4-3-5-7-11/h3-7,12-13,16H,8-10H2,1-2H3,(H,17,18)/t12-,13-/m1/s1. The van der Waals surface area contributed by atoms with Crippen molar-refractivity contribution >= 4 is 5.97 Å². The van der Waals surface area contributed by atoms with Crippen LogP contribution in [-0.4, -0.2) is 35.6 Å². The van der Waals surface area contributed by atoms with Gasteiger partial charge in [0.05, 0.1) is 25.7 Å². The molecular formula is C15H21NO5. The van der Waals surface area contributed by atoms with Gasteiger partial charge in [0.2, 0.25) is 0 Å². The van der Waals surface area contributed by atoms with E-state index in [1.54, 1.807) is 13.8 Å². The summed E-state index contributed by atoms with van der Waals surface area (Å²) < 4.78 is 11.2. The molecule has 1 fully saturated rings. The van der Waals surface area contributed by atoms with E-state index in [0.29, 0.717) is 13.2 Å². The minimum atomic E-state index is -0.913. The van der Waals surface area contributed by atoms with Crippen molar-refractivity contribution in [3.63, 3.8) is 0 Å². The summed E-state index contributed by atoms with van der Waals surface area (Å²) in [7, 11) is 0. The van der Waals surface area contributed by atoms with Crippen LogP contribution >= 0.6 is 0 Å². The van der Waals surface area contributed by atoms with E-state index < -0.39 is 17.8 Å². The Kier molecular flexibility index (Phi) is 5.30. The molecule has 0 amide bonds. The average Bonchev–Trinajstić information content (AvgIpc) is 2.79. The molecule has 0 spiro atoms. The molecule has 0 saturated carbocycles. The van der Waals surface area contributed by atoms with Gasteiger partial charge >= 0.3 is 5.97 Å². The van der Waals surface area contributed by atoms with E-state index in [1.165, 1.54) is 0 Å². The third kappa shape index (κ3) is 5.09. The van der Waals surface area contributed by atoms with E-state index in [4.69, 9.17) is 19.4 Å². The normalized spacial score (nSPS) is 22.1. The zero-order chi connectivity index (χ0) is 15.3. The predicted octanol–water partition coefficient (Wildman–Crippen LogP) is 1.70. The van der Waals surface area contributed by atoms with Crippen LogP contribution in [0.3, 0.4) is 0 Å². The third-order valence-electron chi connectivity index (χ3n) is 3.19. The van der Waals surface area contributed by atoms with Crippen molar-refractivity contribution in [2.45, 2.75) is 44.8 Å².